The largest absolute Gasteiger partial charge is 0.256 e. The Balaban J connectivity index is 1.73. The van der Waals surface area contributed by atoms with E-state index in [1.54, 1.807) is 6.07 Å². The summed E-state index contributed by atoms with van der Waals surface area (Å²) in [5.74, 6) is 0. The van der Waals surface area contributed by atoms with Crippen LogP contribution in [-0.4, -0.2) is 15.2 Å². The average molecular weight is 344 g/mol. The molecule has 0 aliphatic carbocycles. The molecular weight excluding hydrogens is 330 g/mol. The Kier molecular flexibility index (Phi) is 4.23. The molecule has 0 fully saturated rings. The number of benzene rings is 2. The second kappa shape index (κ2) is 6.83. The van der Waals surface area contributed by atoms with Gasteiger partial charge < -0.3 is 0 Å². The van der Waals surface area contributed by atoms with Crippen molar-refractivity contribution < 1.29 is 0 Å². The quantitative estimate of drug-likeness (QED) is 0.491. The highest BCUT2D eigenvalue weighted by atomic mass is 35.5. The summed E-state index contributed by atoms with van der Waals surface area (Å²) in [5.41, 5.74) is 6.08. The van der Waals surface area contributed by atoms with Gasteiger partial charge in [-0.25, -0.2) is 0 Å². The predicted octanol–water partition coefficient (Wildman–Crippen LogP) is 5.53. The maximum absolute atomic E-state index is 5.80. The fourth-order valence-corrected chi connectivity index (χ4v) is 2.86. The van der Waals surface area contributed by atoms with Crippen LogP contribution in [0.5, 0.6) is 0 Å². The van der Waals surface area contributed by atoms with Gasteiger partial charge in [0.2, 0.25) is 0 Å². The first-order valence-electron chi connectivity index (χ1n) is 7.92. The SMILES string of the molecule is Clc1ccc(-c2ccc(-c3cccnc3-c3ccccc3)cc2)nn1. The van der Waals surface area contributed by atoms with Gasteiger partial charge in [0.05, 0.1) is 11.4 Å². The van der Waals surface area contributed by atoms with Crippen LogP contribution in [-0.2, 0) is 0 Å². The number of nitrogens with zero attached hydrogens (tertiary/aromatic N) is 3. The van der Waals surface area contributed by atoms with Gasteiger partial charge >= 0.3 is 0 Å². The molecule has 3 nitrogen and oxygen atoms in total. The third-order valence-corrected chi connectivity index (χ3v) is 4.18. The number of aromatic nitrogens is 3. The van der Waals surface area contributed by atoms with Crippen molar-refractivity contribution in [1.29, 1.82) is 0 Å². The smallest absolute Gasteiger partial charge is 0.151 e. The van der Waals surface area contributed by atoms with Crippen molar-refractivity contribution in [2.45, 2.75) is 0 Å². The second-order valence-electron chi connectivity index (χ2n) is 5.58. The highest BCUT2D eigenvalue weighted by Crippen LogP contribution is 2.31. The van der Waals surface area contributed by atoms with E-state index in [9.17, 15) is 0 Å². The number of hydrogen-bond donors (Lipinski definition) is 0. The molecule has 0 atom stereocenters. The Morgan fingerprint density at radius 3 is 2.08 bits per heavy atom. The van der Waals surface area contributed by atoms with Gasteiger partial charge in [-0.05, 0) is 23.8 Å². The van der Waals surface area contributed by atoms with Crippen LogP contribution in [0.2, 0.25) is 5.15 Å². The van der Waals surface area contributed by atoms with Crippen molar-refractivity contribution in [2.75, 3.05) is 0 Å². The molecule has 0 bridgehead atoms. The van der Waals surface area contributed by atoms with E-state index in [4.69, 9.17) is 11.6 Å². The van der Waals surface area contributed by atoms with Crippen molar-refractivity contribution in [3.8, 4) is 33.6 Å². The van der Waals surface area contributed by atoms with Crippen LogP contribution in [0.25, 0.3) is 33.6 Å². The molecule has 4 rings (SSSR count). The van der Waals surface area contributed by atoms with E-state index in [-0.39, 0.29) is 0 Å². The van der Waals surface area contributed by atoms with Crippen molar-refractivity contribution >= 4 is 11.6 Å². The lowest BCUT2D eigenvalue weighted by atomic mass is 9.98. The lowest BCUT2D eigenvalue weighted by Gasteiger charge is -2.09. The summed E-state index contributed by atoms with van der Waals surface area (Å²) >= 11 is 5.80. The van der Waals surface area contributed by atoms with Crippen molar-refractivity contribution in [3.63, 3.8) is 0 Å². The molecule has 2 aromatic carbocycles. The molecule has 0 saturated carbocycles. The van der Waals surface area contributed by atoms with Crippen LogP contribution in [0.4, 0.5) is 0 Å². The zero-order valence-electron chi connectivity index (χ0n) is 13.3. The molecule has 2 heterocycles. The zero-order chi connectivity index (χ0) is 17.1. The molecule has 0 unspecified atom stereocenters. The van der Waals surface area contributed by atoms with Crippen LogP contribution >= 0.6 is 11.6 Å². The molecular formula is C21H14ClN3. The van der Waals surface area contributed by atoms with Gasteiger partial charge in [-0.3, -0.25) is 4.98 Å². The number of rotatable bonds is 3. The van der Waals surface area contributed by atoms with Crippen LogP contribution < -0.4 is 0 Å². The Morgan fingerprint density at radius 2 is 1.36 bits per heavy atom. The lowest BCUT2D eigenvalue weighted by Crippen LogP contribution is -1.90. The molecule has 2 aromatic heterocycles. The maximum atomic E-state index is 5.80. The summed E-state index contributed by atoms with van der Waals surface area (Å²) in [5, 5.41) is 8.41. The molecule has 0 aliphatic rings. The van der Waals surface area contributed by atoms with Gasteiger partial charge in [0, 0.05) is 22.9 Å². The van der Waals surface area contributed by atoms with E-state index < -0.39 is 0 Å². The van der Waals surface area contributed by atoms with Gasteiger partial charge in [0.25, 0.3) is 0 Å². The first kappa shape index (κ1) is 15.5. The summed E-state index contributed by atoms with van der Waals surface area (Å²) in [6.45, 7) is 0. The normalized spacial score (nSPS) is 10.6. The summed E-state index contributed by atoms with van der Waals surface area (Å²) in [7, 11) is 0. The molecule has 25 heavy (non-hydrogen) atoms. The van der Waals surface area contributed by atoms with Crippen molar-refractivity contribution in [3.05, 3.63) is 90.2 Å². The van der Waals surface area contributed by atoms with Gasteiger partial charge in [-0.2, -0.15) is 0 Å². The Labute approximate surface area is 151 Å². The van der Waals surface area contributed by atoms with Gasteiger partial charge in [-0.15, -0.1) is 10.2 Å². The number of halogens is 1. The first-order valence-corrected chi connectivity index (χ1v) is 8.29. The summed E-state index contributed by atoms with van der Waals surface area (Å²) in [6.07, 6.45) is 1.82. The fourth-order valence-electron chi connectivity index (χ4n) is 2.75. The van der Waals surface area contributed by atoms with Crippen LogP contribution in [0.3, 0.4) is 0 Å². The summed E-state index contributed by atoms with van der Waals surface area (Å²) < 4.78 is 0. The van der Waals surface area contributed by atoms with E-state index in [0.29, 0.717) is 5.15 Å². The molecule has 4 heteroatoms. The Hall–Kier alpha value is -3.04. The zero-order valence-corrected chi connectivity index (χ0v) is 14.1. The molecule has 0 amide bonds. The molecule has 4 aromatic rings. The standard InChI is InChI=1S/C21H14ClN3/c22-20-13-12-19(24-25-20)16-10-8-15(9-11-16)18-7-4-14-23-21(18)17-5-2-1-3-6-17/h1-14H. The maximum Gasteiger partial charge on any atom is 0.151 e. The molecule has 0 saturated heterocycles. The molecule has 0 N–H and O–H groups in total. The molecule has 0 spiro atoms. The summed E-state index contributed by atoms with van der Waals surface area (Å²) in [4.78, 5) is 4.58. The van der Waals surface area contributed by atoms with E-state index in [2.05, 4.69) is 45.5 Å². The minimum absolute atomic E-state index is 0.392. The Bertz CT molecular complexity index is 982. The molecule has 0 aliphatic heterocycles. The van der Waals surface area contributed by atoms with Crippen LogP contribution in [0.15, 0.2) is 85.1 Å². The monoisotopic (exact) mass is 343 g/mol. The third-order valence-electron chi connectivity index (χ3n) is 3.98. The fraction of sp³-hybridized carbons (Fsp3) is 0. The van der Waals surface area contributed by atoms with Crippen LogP contribution in [0.1, 0.15) is 0 Å². The predicted molar refractivity (Wildman–Crippen MR) is 101 cm³/mol. The topological polar surface area (TPSA) is 38.7 Å². The highest BCUT2D eigenvalue weighted by molar-refractivity contribution is 6.29. The first-order chi connectivity index (χ1) is 12.3. The van der Waals surface area contributed by atoms with Gasteiger partial charge in [-0.1, -0.05) is 72.3 Å². The van der Waals surface area contributed by atoms with E-state index in [1.807, 2.05) is 48.7 Å². The minimum Gasteiger partial charge on any atom is -0.256 e. The van der Waals surface area contributed by atoms with E-state index >= 15 is 0 Å². The highest BCUT2D eigenvalue weighted by Gasteiger charge is 2.09. The number of pyridine rings is 1. The van der Waals surface area contributed by atoms with Crippen molar-refractivity contribution in [2.24, 2.45) is 0 Å². The number of hydrogen-bond acceptors (Lipinski definition) is 3. The molecule has 0 radical (unpaired) electrons. The Morgan fingerprint density at radius 1 is 0.600 bits per heavy atom. The van der Waals surface area contributed by atoms with Crippen LogP contribution in [0, 0.1) is 0 Å². The average Bonchev–Trinajstić information content (AvgIpc) is 2.69. The van der Waals surface area contributed by atoms with E-state index in [1.165, 1.54) is 0 Å². The van der Waals surface area contributed by atoms with Gasteiger partial charge in [0.15, 0.2) is 5.15 Å². The van der Waals surface area contributed by atoms with Crippen molar-refractivity contribution in [1.82, 2.24) is 15.2 Å². The third kappa shape index (κ3) is 3.28. The van der Waals surface area contributed by atoms with E-state index in [0.717, 1.165) is 33.6 Å². The lowest BCUT2D eigenvalue weighted by molar-refractivity contribution is 1.04. The van der Waals surface area contributed by atoms with Gasteiger partial charge in [0.1, 0.15) is 0 Å². The second-order valence-corrected chi connectivity index (χ2v) is 5.97. The summed E-state index contributed by atoms with van der Waals surface area (Å²) in [6, 6.07) is 26.1. The molecule has 120 valence electrons. The minimum atomic E-state index is 0.392.